The van der Waals surface area contributed by atoms with Crippen LogP contribution in [0.5, 0.6) is 0 Å². The summed E-state index contributed by atoms with van der Waals surface area (Å²) in [7, 11) is -3.10. The van der Waals surface area contributed by atoms with Gasteiger partial charge >= 0.3 is 0 Å². The highest BCUT2D eigenvalue weighted by molar-refractivity contribution is 7.91. The minimum absolute atomic E-state index is 0.149. The summed E-state index contributed by atoms with van der Waals surface area (Å²) in [6.45, 7) is 8.45. The number of rotatable bonds is 3. The molecule has 0 N–H and O–H groups in total. The van der Waals surface area contributed by atoms with Crippen molar-refractivity contribution in [1.82, 2.24) is 0 Å². The minimum atomic E-state index is -3.10. The Balaban J connectivity index is 2.45. The molecule has 0 fully saturated rings. The van der Waals surface area contributed by atoms with Crippen molar-refractivity contribution in [3.05, 3.63) is 36.0 Å². The van der Waals surface area contributed by atoms with Gasteiger partial charge in [0, 0.05) is 17.9 Å². The summed E-state index contributed by atoms with van der Waals surface area (Å²) in [4.78, 5) is 2.56. The molecule has 2 rings (SSSR count). The molecular formula is C13H17NO2S. The van der Waals surface area contributed by atoms with Crippen molar-refractivity contribution < 1.29 is 8.42 Å². The highest BCUT2D eigenvalue weighted by atomic mass is 32.2. The van der Waals surface area contributed by atoms with Crippen molar-refractivity contribution in [3.63, 3.8) is 0 Å². The van der Waals surface area contributed by atoms with Crippen molar-refractivity contribution >= 4 is 15.5 Å². The van der Waals surface area contributed by atoms with Crippen molar-refractivity contribution in [1.29, 1.82) is 0 Å². The highest BCUT2D eigenvalue weighted by Crippen LogP contribution is 2.32. The first-order valence-corrected chi connectivity index (χ1v) is 7.39. The van der Waals surface area contributed by atoms with Crippen LogP contribution in [0.4, 0.5) is 5.69 Å². The van der Waals surface area contributed by atoms with Crippen molar-refractivity contribution in [2.24, 2.45) is 0 Å². The Morgan fingerprint density at radius 1 is 1.47 bits per heavy atom. The van der Waals surface area contributed by atoms with E-state index < -0.39 is 9.84 Å². The number of hydrogen-bond acceptors (Lipinski definition) is 3. The van der Waals surface area contributed by atoms with Gasteiger partial charge in [-0.3, -0.25) is 0 Å². The van der Waals surface area contributed by atoms with E-state index in [2.05, 4.69) is 11.5 Å². The Morgan fingerprint density at radius 3 is 2.76 bits per heavy atom. The van der Waals surface area contributed by atoms with E-state index in [1.165, 1.54) is 0 Å². The SMILES string of the molecule is C=C(C)N1CCc2cc(S(=O)(=O)CC)ccc21. The fourth-order valence-corrected chi connectivity index (χ4v) is 3.07. The molecule has 1 aromatic carbocycles. The van der Waals surface area contributed by atoms with Gasteiger partial charge in [0.1, 0.15) is 0 Å². The molecule has 0 spiro atoms. The quantitative estimate of drug-likeness (QED) is 0.827. The monoisotopic (exact) mass is 251 g/mol. The van der Waals surface area contributed by atoms with Crippen LogP contribution >= 0.6 is 0 Å². The molecule has 17 heavy (non-hydrogen) atoms. The molecule has 0 saturated carbocycles. The molecule has 1 aromatic rings. The fraction of sp³-hybridized carbons (Fsp3) is 0.385. The molecule has 0 aliphatic carbocycles. The van der Waals surface area contributed by atoms with Gasteiger partial charge in [0.15, 0.2) is 9.84 Å². The van der Waals surface area contributed by atoms with E-state index in [0.717, 1.165) is 29.9 Å². The lowest BCUT2D eigenvalue weighted by atomic mass is 10.2. The lowest BCUT2D eigenvalue weighted by molar-refractivity contribution is 0.597. The van der Waals surface area contributed by atoms with Gasteiger partial charge in [-0.05, 0) is 37.1 Å². The Bertz CT molecular complexity index is 561. The molecule has 0 unspecified atom stereocenters. The molecule has 0 atom stereocenters. The van der Waals surface area contributed by atoms with Gasteiger partial charge in [0.05, 0.1) is 10.6 Å². The van der Waals surface area contributed by atoms with Crippen LogP contribution in [-0.4, -0.2) is 20.7 Å². The summed E-state index contributed by atoms with van der Waals surface area (Å²) in [5.74, 6) is 0.149. The number of anilines is 1. The van der Waals surface area contributed by atoms with Crippen molar-refractivity contribution in [2.45, 2.75) is 25.2 Å². The maximum Gasteiger partial charge on any atom is 0.178 e. The molecule has 1 aliphatic heterocycles. The number of hydrogen-bond donors (Lipinski definition) is 0. The van der Waals surface area contributed by atoms with Gasteiger partial charge in [-0.15, -0.1) is 0 Å². The van der Waals surface area contributed by atoms with Gasteiger partial charge in [-0.2, -0.15) is 0 Å². The zero-order valence-electron chi connectivity index (χ0n) is 10.2. The number of sulfone groups is 1. The van der Waals surface area contributed by atoms with E-state index in [-0.39, 0.29) is 5.75 Å². The van der Waals surface area contributed by atoms with Crippen LogP contribution in [0.1, 0.15) is 19.4 Å². The Labute approximate surface area is 103 Å². The second-order valence-electron chi connectivity index (χ2n) is 4.33. The summed E-state index contributed by atoms with van der Waals surface area (Å²) in [6.07, 6.45) is 0.884. The summed E-state index contributed by atoms with van der Waals surface area (Å²) in [5, 5.41) is 0. The number of nitrogens with zero attached hydrogens (tertiary/aromatic N) is 1. The molecule has 0 amide bonds. The molecule has 0 saturated heterocycles. The van der Waals surface area contributed by atoms with E-state index in [4.69, 9.17) is 0 Å². The first-order chi connectivity index (χ1) is 7.95. The standard InChI is InChI=1S/C13H17NO2S/c1-4-17(15,16)12-5-6-13-11(9-12)7-8-14(13)10(2)3/h5-6,9H,2,4,7-8H2,1,3H3. The smallest absolute Gasteiger partial charge is 0.178 e. The van der Waals surface area contributed by atoms with E-state index in [0.29, 0.717) is 4.90 Å². The van der Waals surface area contributed by atoms with Gasteiger partial charge in [-0.1, -0.05) is 13.5 Å². The fourth-order valence-electron chi connectivity index (χ4n) is 2.13. The molecular weight excluding hydrogens is 234 g/mol. The summed E-state index contributed by atoms with van der Waals surface area (Å²) in [6, 6.07) is 5.38. The van der Waals surface area contributed by atoms with Crippen molar-refractivity contribution in [2.75, 3.05) is 17.2 Å². The van der Waals surface area contributed by atoms with Crippen molar-refractivity contribution in [3.8, 4) is 0 Å². The number of benzene rings is 1. The molecule has 92 valence electrons. The first-order valence-electron chi connectivity index (χ1n) is 5.74. The third-order valence-corrected chi connectivity index (χ3v) is 4.88. The van der Waals surface area contributed by atoms with Crippen LogP contribution in [0, 0.1) is 0 Å². The largest absolute Gasteiger partial charge is 0.345 e. The molecule has 1 heterocycles. The zero-order valence-corrected chi connectivity index (χ0v) is 11.0. The van der Waals surface area contributed by atoms with Gasteiger partial charge < -0.3 is 4.90 Å². The zero-order chi connectivity index (χ0) is 12.6. The number of allylic oxidation sites excluding steroid dienone is 1. The average Bonchev–Trinajstić information content (AvgIpc) is 2.71. The normalized spacial score (nSPS) is 14.8. The third kappa shape index (κ3) is 2.09. The van der Waals surface area contributed by atoms with Gasteiger partial charge in [0.2, 0.25) is 0 Å². The van der Waals surface area contributed by atoms with Gasteiger partial charge in [-0.25, -0.2) is 8.42 Å². The maximum atomic E-state index is 11.8. The van der Waals surface area contributed by atoms with E-state index in [9.17, 15) is 8.42 Å². The van der Waals surface area contributed by atoms with E-state index >= 15 is 0 Å². The third-order valence-electron chi connectivity index (χ3n) is 3.15. The number of fused-ring (bicyclic) bond motifs is 1. The second kappa shape index (κ2) is 4.18. The van der Waals surface area contributed by atoms with E-state index in [1.54, 1.807) is 19.1 Å². The average molecular weight is 251 g/mol. The van der Waals surface area contributed by atoms with Gasteiger partial charge in [0.25, 0.3) is 0 Å². The van der Waals surface area contributed by atoms with Crippen LogP contribution in [0.2, 0.25) is 0 Å². The molecule has 0 radical (unpaired) electrons. The summed E-state index contributed by atoms with van der Waals surface area (Å²) < 4.78 is 23.6. The molecule has 3 nitrogen and oxygen atoms in total. The summed E-state index contributed by atoms with van der Waals surface area (Å²) >= 11 is 0. The first kappa shape index (κ1) is 12.2. The van der Waals surface area contributed by atoms with Crippen LogP contribution in [0.3, 0.4) is 0 Å². The predicted octanol–water partition coefficient (Wildman–Crippen LogP) is 2.38. The molecule has 1 aliphatic rings. The topological polar surface area (TPSA) is 37.4 Å². The molecule has 4 heteroatoms. The molecule has 0 aromatic heterocycles. The predicted molar refractivity (Wildman–Crippen MR) is 70.0 cm³/mol. The Kier molecular flexibility index (Phi) is 3.00. The van der Waals surface area contributed by atoms with E-state index in [1.807, 2.05) is 13.0 Å². The lowest BCUT2D eigenvalue weighted by Crippen LogP contribution is -2.16. The highest BCUT2D eigenvalue weighted by Gasteiger charge is 2.22. The van der Waals surface area contributed by atoms with Crippen LogP contribution < -0.4 is 4.90 Å². The van der Waals surface area contributed by atoms with Crippen LogP contribution in [0.15, 0.2) is 35.4 Å². The molecule has 0 bridgehead atoms. The van der Waals surface area contributed by atoms with Crippen LogP contribution in [0.25, 0.3) is 0 Å². The minimum Gasteiger partial charge on any atom is -0.345 e. The maximum absolute atomic E-state index is 11.8. The second-order valence-corrected chi connectivity index (χ2v) is 6.61. The summed E-state index contributed by atoms with van der Waals surface area (Å²) in [5.41, 5.74) is 3.19. The van der Waals surface area contributed by atoms with Crippen LogP contribution in [-0.2, 0) is 16.3 Å². The Hall–Kier alpha value is -1.29. The lowest BCUT2D eigenvalue weighted by Gasteiger charge is -2.19. The Morgan fingerprint density at radius 2 is 2.18 bits per heavy atom.